The van der Waals surface area contributed by atoms with Crippen LogP contribution in [0.2, 0.25) is 0 Å². The molecule has 2 aliphatic heterocycles. The maximum absolute atomic E-state index is 12.0. The molecule has 2 fully saturated rings. The fourth-order valence-electron chi connectivity index (χ4n) is 2.76. The maximum atomic E-state index is 12.0. The minimum atomic E-state index is -0.113. The molecule has 3 atom stereocenters. The van der Waals surface area contributed by atoms with Gasteiger partial charge in [0.2, 0.25) is 0 Å². The van der Waals surface area contributed by atoms with Crippen molar-refractivity contribution in [2.45, 2.75) is 38.1 Å². The first-order valence-corrected chi connectivity index (χ1v) is 7.09. The number of hydrogen-bond donors (Lipinski definition) is 0. The van der Waals surface area contributed by atoms with Gasteiger partial charge in [0.05, 0.1) is 18.1 Å². The van der Waals surface area contributed by atoms with Crippen molar-refractivity contribution in [2.75, 3.05) is 0 Å². The van der Waals surface area contributed by atoms with Crippen LogP contribution in [0.15, 0.2) is 28.7 Å². The smallest absolute Gasteiger partial charge is 0.312 e. The lowest BCUT2D eigenvalue weighted by Crippen LogP contribution is -2.27. The van der Waals surface area contributed by atoms with E-state index in [1.54, 1.807) is 0 Å². The molecule has 2 aliphatic rings. The van der Waals surface area contributed by atoms with Crippen LogP contribution in [-0.2, 0) is 20.9 Å². The molecule has 0 amide bonds. The molecule has 0 spiro atoms. The second-order valence-corrected chi connectivity index (χ2v) is 5.77. The molecule has 3 nitrogen and oxygen atoms in total. The molecule has 2 saturated heterocycles. The highest BCUT2D eigenvalue weighted by Gasteiger charge is 2.45. The molecule has 0 radical (unpaired) electrons. The average molecular weight is 311 g/mol. The van der Waals surface area contributed by atoms with Gasteiger partial charge in [-0.25, -0.2) is 0 Å². The molecule has 0 saturated carbocycles. The van der Waals surface area contributed by atoms with Crippen molar-refractivity contribution in [3.8, 4) is 0 Å². The number of hydrogen-bond acceptors (Lipinski definition) is 3. The van der Waals surface area contributed by atoms with Crippen molar-refractivity contribution in [3.05, 3.63) is 34.3 Å². The molecule has 2 heterocycles. The molecular weight excluding hydrogens is 296 g/mol. The van der Waals surface area contributed by atoms with E-state index in [0.717, 1.165) is 29.3 Å². The topological polar surface area (TPSA) is 35.5 Å². The Morgan fingerprint density at radius 1 is 1.39 bits per heavy atom. The third kappa shape index (κ3) is 2.31. The number of esters is 1. The first-order chi connectivity index (χ1) is 8.74. The molecule has 0 N–H and O–H groups in total. The van der Waals surface area contributed by atoms with E-state index in [-0.39, 0.29) is 24.1 Å². The van der Waals surface area contributed by atoms with E-state index in [0.29, 0.717) is 6.61 Å². The summed E-state index contributed by atoms with van der Waals surface area (Å²) < 4.78 is 12.0. The summed E-state index contributed by atoms with van der Waals surface area (Å²) in [4.78, 5) is 12.0. The minimum Gasteiger partial charge on any atom is -0.460 e. The van der Waals surface area contributed by atoms with E-state index >= 15 is 0 Å². The minimum absolute atomic E-state index is 0.0498. The van der Waals surface area contributed by atoms with Gasteiger partial charge in [-0.1, -0.05) is 34.1 Å². The highest BCUT2D eigenvalue weighted by atomic mass is 79.9. The molecule has 0 aliphatic carbocycles. The van der Waals surface area contributed by atoms with Crippen LogP contribution in [0, 0.1) is 5.92 Å². The number of halogens is 1. The van der Waals surface area contributed by atoms with E-state index < -0.39 is 0 Å². The lowest BCUT2D eigenvalue weighted by molar-refractivity contribution is -0.151. The van der Waals surface area contributed by atoms with Crippen molar-refractivity contribution in [1.82, 2.24) is 0 Å². The highest BCUT2D eigenvalue weighted by Crippen LogP contribution is 2.39. The normalized spacial score (nSPS) is 29.5. The molecule has 96 valence electrons. The highest BCUT2D eigenvalue weighted by molar-refractivity contribution is 9.10. The van der Waals surface area contributed by atoms with Crippen LogP contribution in [-0.4, -0.2) is 18.2 Å². The Kier molecular flexibility index (Phi) is 3.39. The predicted molar refractivity (Wildman–Crippen MR) is 69.9 cm³/mol. The van der Waals surface area contributed by atoms with Gasteiger partial charge in [0.1, 0.15) is 6.61 Å². The summed E-state index contributed by atoms with van der Waals surface area (Å²) in [5.74, 6) is -0.163. The molecule has 1 aromatic carbocycles. The molecule has 2 bridgehead atoms. The Morgan fingerprint density at radius 3 is 2.89 bits per heavy atom. The molecule has 3 unspecified atom stereocenters. The van der Waals surface area contributed by atoms with Crippen LogP contribution < -0.4 is 0 Å². The Bertz CT molecular complexity index is 460. The Labute approximate surface area is 115 Å². The first kappa shape index (κ1) is 12.2. The lowest BCUT2D eigenvalue weighted by atomic mass is 9.89. The van der Waals surface area contributed by atoms with Crippen LogP contribution in [0.4, 0.5) is 0 Å². The number of carbonyl (C=O) groups excluding carboxylic acids is 1. The third-order valence-electron chi connectivity index (χ3n) is 3.74. The zero-order chi connectivity index (χ0) is 12.5. The van der Waals surface area contributed by atoms with E-state index in [1.165, 1.54) is 0 Å². The van der Waals surface area contributed by atoms with Gasteiger partial charge >= 0.3 is 5.97 Å². The van der Waals surface area contributed by atoms with E-state index in [2.05, 4.69) is 15.9 Å². The summed E-state index contributed by atoms with van der Waals surface area (Å²) in [6.07, 6.45) is 3.31. The second kappa shape index (κ2) is 5.02. The fraction of sp³-hybridized carbons (Fsp3) is 0.500. The number of rotatable bonds is 3. The average Bonchev–Trinajstić information content (AvgIpc) is 2.99. The van der Waals surface area contributed by atoms with Gasteiger partial charge in [-0.3, -0.25) is 4.79 Å². The molecule has 1 aromatic rings. The summed E-state index contributed by atoms with van der Waals surface area (Å²) >= 11 is 3.45. The van der Waals surface area contributed by atoms with Gasteiger partial charge < -0.3 is 9.47 Å². The SMILES string of the molecule is O=C(OCc1ccccc1Br)C1CC2CCC1O2. The van der Waals surface area contributed by atoms with Gasteiger partial charge in [0, 0.05) is 10.0 Å². The van der Waals surface area contributed by atoms with Crippen LogP contribution in [0.1, 0.15) is 24.8 Å². The zero-order valence-corrected chi connectivity index (χ0v) is 11.6. The van der Waals surface area contributed by atoms with Crippen molar-refractivity contribution in [1.29, 1.82) is 0 Å². The standard InChI is InChI=1S/C14H15BrO3/c15-12-4-2-1-3-9(12)8-17-14(16)11-7-10-5-6-13(11)18-10/h1-4,10-11,13H,5-8H2. The summed E-state index contributed by atoms with van der Waals surface area (Å²) in [5, 5.41) is 0. The Morgan fingerprint density at radius 2 is 2.22 bits per heavy atom. The quantitative estimate of drug-likeness (QED) is 0.805. The Balaban J connectivity index is 1.58. The number of fused-ring (bicyclic) bond motifs is 2. The van der Waals surface area contributed by atoms with Crippen LogP contribution in [0.5, 0.6) is 0 Å². The summed E-state index contributed by atoms with van der Waals surface area (Å²) in [6.45, 7) is 0.328. The van der Waals surface area contributed by atoms with Gasteiger partial charge in [-0.05, 0) is 25.3 Å². The van der Waals surface area contributed by atoms with Crippen molar-refractivity contribution in [2.24, 2.45) is 5.92 Å². The third-order valence-corrected chi connectivity index (χ3v) is 4.51. The summed E-state index contributed by atoms with van der Waals surface area (Å²) in [6, 6.07) is 7.78. The van der Waals surface area contributed by atoms with Gasteiger partial charge in [-0.15, -0.1) is 0 Å². The molecule has 18 heavy (non-hydrogen) atoms. The summed E-state index contributed by atoms with van der Waals surface area (Å²) in [5.41, 5.74) is 0.995. The largest absolute Gasteiger partial charge is 0.460 e. The maximum Gasteiger partial charge on any atom is 0.312 e. The molecular formula is C14H15BrO3. The van der Waals surface area contributed by atoms with E-state index in [9.17, 15) is 4.79 Å². The zero-order valence-electron chi connectivity index (χ0n) is 9.97. The second-order valence-electron chi connectivity index (χ2n) is 4.92. The van der Waals surface area contributed by atoms with Crippen LogP contribution >= 0.6 is 15.9 Å². The monoisotopic (exact) mass is 310 g/mol. The first-order valence-electron chi connectivity index (χ1n) is 6.29. The van der Waals surface area contributed by atoms with Crippen LogP contribution in [0.3, 0.4) is 0 Å². The Hall–Kier alpha value is -0.870. The number of ether oxygens (including phenoxy) is 2. The van der Waals surface area contributed by atoms with Crippen molar-refractivity contribution < 1.29 is 14.3 Å². The van der Waals surface area contributed by atoms with Crippen molar-refractivity contribution >= 4 is 21.9 Å². The fourth-order valence-corrected chi connectivity index (χ4v) is 3.16. The molecule has 0 aromatic heterocycles. The predicted octanol–water partition coefficient (Wildman–Crippen LogP) is 3.06. The van der Waals surface area contributed by atoms with E-state index in [1.807, 2.05) is 24.3 Å². The van der Waals surface area contributed by atoms with Crippen LogP contribution in [0.25, 0.3) is 0 Å². The van der Waals surface area contributed by atoms with Gasteiger partial charge in [0.15, 0.2) is 0 Å². The summed E-state index contributed by atoms with van der Waals surface area (Å²) in [7, 11) is 0. The molecule has 3 rings (SSSR count). The van der Waals surface area contributed by atoms with Gasteiger partial charge in [-0.2, -0.15) is 0 Å². The van der Waals surface area contributed by atoms with Gasteiger partial charge in [0.25, 0.3) is 0 Å². The number of benzene rings is 1. The van der Waals surface area contributed by atoms with E-state index in [4.69, 9.17) is 9.47 Å². The molecule has 4 heteroatoms. The number of carbonyl (C=O) groups is 1. The van der Waals surface area contributed by atoms with Crippen molar-refractivity contribution in [3.63, 3.8) is 0 Å². The lowest BCUT2D eigenvalue weighted by Gasteiger charge is -2.17.